The van der Waals surface area contributed by atoms with E-state index in [9.17, 15) is 4.79 Å². The lowest BCUT2D eigenvalue weighted by molar-refractivity contribution is 0.0787. The van der Waals surface area contributed by atoms with Crippen LogP contribution in [0.3, 0.4) is 0 Å². The largest absolute Gasteiger partial charge is 0.351 e. The van der Waals surface area contributed by atoms with Crippen LogP contribution in [0.25, 0.3) is 10.9 Å². The molecule has 1 aliphatic rings. The first-order chi connectivity index (χ1) is 15.0. The lowest BCUT2D eigenvalue weighted by atomic mass is 10.2. The number of carbonyl (C=O) groups excluding carboxylic acids is 1. The van der Waals surface area contributed by atoms with Gasteiger partial charge >= 0.3 is 0 Å². The lowest BCUT2D eigenvalue weighted by Gasteiger charge is -2.17. The van der Waals surface area contributed by atoms with Gasteiger partial charge in [0, 0.05) is 48.5 Å². The number of aliphatic imine (C=N–C) groups is 2. The second-order valence-electron chi connectivity index (χ2n) is 8.49. The summed E-state index contributed by atoms with van der Waals surface area (Å²) < 4.78 is 0. The van der Waals surface area contributed by atoms with Crippen LogP contribution in [0.5, 0.6) is 0 Å². The van der Waals surface area contributed by atoms with Crippen LogP contribution >= 0.6 is 0 Å². The summed E-state index contributed by atoms with van der Waals surface area (Å²) in [5, 5.41) is 4.32. The minimum absolute atomic E-state index is 0.0333. The Morgan fingerprint density at radius 3 is 2.74 bits per heavy atom. The molecule has 2 heterocycles. The molecule has 0 radical (unpaired) electrons. The number of unbranched alkanes of at least 4 members (excludes halogenated alkanes) is 2. The van der Waals surface area contributed by atoms with E-state index in [0.717, 1.165) is 61.2 Å². The van der Waals surface area contributed by atoms with Gasteiger partial charge in [-0.3, -0.25) is 9.79 Å². The fraction of sp³-hybridized carbons (Fsp3) is 0.542. The van der Waals surface area contributed by atoms with Gasteiger partial charge in [-0.25, -0.2) is 4.99 Å². The summed E-state index contributed by atoms with van der Waals surface area (Å²) in [5.74, 6) is 0.0333. The molecule has 1 aromatic carbocycles. The minimum atomic E-state index is -0.279. The van der Waals surface area contributed by atoms with Crippen LogP contribution in [0.2, 0.25) is 0 Å². The number of hydrogen-bond acceptors (Lipinski definition) is 5. The highest BCUT2D eigenvalue weighted by atomic mass is 16.2. The molecule has 168 valence electrons. The molecule has 0 saturated carbocycles. The highest BCUT2D eigenvalue weighted by Crippen LogP contribution is 2.22. The number of anilines is 1. The lowest BCUT2D eigenvalue weighted by Crippen LogP contribution is -2.28. The topological polar surface area (TPSA) is 76.1 Å². The summed E-state index contributed by atoms with van der Waals surface area (Å²) in [6, 6.07) is 7.94. The molecule has 7 nitrogen and oxygen atoms in total. The second-order valence-corrected chi connectivity index (χ2v) is 8.49. The molecular formula is C24H36N6O. The molecule has 1 amide bonds. The molecule has 0 fully saturated rings. The summed E-state index contributed by atoms with van der Waals surface area (Å²) >= 11 is 0. The molecule has 3 rings (SSSR count). The Balaban J connectivity index is 1.52. The van der Waals surface area contributed by atoms with Gasteiger partial charge in [-0.1, -0.05) is 13.3 Å². The standard InChI is InChI=1S/C24H36N6O/c1-5-13-29(3)14-7-6-8-15-30(4)23(31)22-17-19-16-20(9-10-21(19)28-22)27-24-25-12-11-18(2)26-24/h9-10,12,16-17,24,27-28H,5-8,11,13-15H2,1-4H3. The number of rotatable bonds is 11. The molecular weight excluding hydrogens is 388 g/mol. The number of hydrogen-bond donors (Lipinski definition) is 2. The number of aromatic amines is 1. The molecule has 2 N–H and O–H groups in total. The van der Waals surface area contributed by atoms with Crippen LogP contribution in [0.15, 0.2) is 34.3 Å². The van der Waals surface area contributed by atoms with Gasteiger partial charge in [0.25, 0.3) is 5.91 Å². The van der Waals surface area contributed by atoms with Crippen molar-refractivity contribution in [3.63, 3.8) is 0 Å². The van der Waals surface area contributed by atoms with E-state index in [1.165, 1.54) is 12.8 Å². The molecule has 0 bridgehead atoms. The van der Waals surface area contributed by atoms with E-state index in [1.807, 2.05) is 49.4 Å². The van der Waals surface area contributed by atoms with Crippen molar-refractivity contribution in [2.45, 2.75) is 52.2 Å². The van der Waals surface area contributed by atoms with Crippen LogP contribution in [0.1, 0.15) is 56.4 Å². The van der Waals surface area contributed by atoms with Gasteiger partial charge in [-0.15, -0.1) is 0 Å². The zero-order valence-electron chi connectivity index (χ0n) is 19.3. The third-order valence-corrected chi connectivity index (χ3v) is 5.61. The number of nitrogens with zero attached hydrogens (tertiary/aromatic N) is 4. The maximum absolute atomic E-state index is 12.8. The molecule has 31 heavy (non-hydrogen) atoms. The van der Waals surface area contributed by atoms with Crippen molar-refractivity contribution in [1.29, 1.82) is 0 Å². The Morgan fingerprint density at radius 1 is 1.16 bits per heavy atom. The van der Waals surface area contributed by atoms with Crippen molar-refractivity contribution < 1.29 is 4.79 Å². The maximum atomic E-state index is 12.8. The number of aromatic nitrogens is 1. The first-order valence-electron chi connectivity index (χ1n) is 11.3. The highest BCUT2D eigenvalue weighted by Gasteiger charge is 2.15. The van der Waals surface area contributed by atoms with Gasteiger partial charge in [-0.2, -0.15) is 0 Å². The van der Waals surface area contributed by atoms with Gasteiger partial charge in [0.2, 0.25) is 6.29 Å². The van der Waals surface area contributed by atoms with Gasteiger partial charge < -0.3 is 20.1 Å². The third kappa shape index (κ3) is 6.66. The highest BCUT2D eigenvalue weighted by molar-refractivity contribution is 5.98. The summed E-state index contributed by atoms with van der Waals surface area (Å²) in [7, 11) is 4.05. The Bertz CT molecular complexity index is 931. The minimum Gasteiger partial charge on any atom is -0.351 e. The maximum Gasteiger partial charge on any atom is 0.270 e. The Morgan fingerprint density at radius 2 is 1.97 bits per heavy atom. The molecule has 0 saturated heterocycles. The van der Waals surface area contributed by atoms with Crippen molar-refractivity contribution in [3.8, 4) is 0 Å². The zero-order valence-corrected chi connectivity index (χ0v) is 19.3. The van der Waals surface area contributed by atoms with E-state index >= 15 is 0 Å². The summed E-state index contributed by atoms with van der Waals surface area (Å²) in [5.41, 5.74) is 3.58. The zero-order chi connectivity index (χ0) is 22.2. The second kappa shape index (κ2) is 11.1. The van der Waals surface area contributed by atoms with E-state index in [1.54, 1.807) is 0 Å². The van der Waals surface area contributed by atoms with Crippen LogP contribution in [-0.2, 0) is 0 Å². The van der Waals surface area contributed by atoms with E-state index in [0.29, 0.717) is 5.69 Å². The van der Waals surface area contributed by atoms with Crippen LogP contribution in [0, 0.1) is 0 Å². The van der Waals surface area contributed by atoms with E-state index < -0.39 is 0 Å². The average molecular weight is 425 g/mol. The normalized spacial score (nSPS) is 16.0. The predicted octanol–water partition coefficient (Wildman–Crippen LogP) is 4.38. The van der Waals surface area contributed by atoms with Gasteiger partial charge in [0.1, 0.15) is 5.69 Å². The molecule has 1 aliphatic heterocycles. The molecule has 0 spiro atoms. The smallest absolute Gasteiger partial charge is 0.270 e. The first-order valence-corrected chi connectivity index (χ1v) is 11.3. The SMILES string of the molecule is CCCN(C)CCCCCN(C)C(=O)c1cc2cc(NC3N=CCC(C)=N3)ccc2[nH]1. The number of carbonyl (C=O) groups is 1. The Hall–Kier alpha value is -2.67. The van der Waals surface area contributed by atoms with Gasteiger partial charge in [0.05, 0.1) is 0 Å². The molecule has 1 unspecified atom stereocenters. The fourth-order valence-corrected chi connectivity index (χ4v) is 3.84. The van der Waals surface area contributed by atoms with E-state index in [2.05, 4.69) is 39.2 Å². The average Bonchev–Trinajstić information content (AvgIpc) is 3.16. The van der Waals surface area contributed by atoms with E-state index in [4.69, 9.17) is 0 Å². The number of amides is 1. The number of H-pyrrole nitrogens is 1. The van der Waals surface area contributed by atoms with Gasteiger partial charge in [0.15, 0.2) is 0 Å². The predicted molar refractivity (Wildman–Crippen MR) is 131 cm³/mol. The van der Waals surface area contributed by atoms with Gasteiger partial charge in [-0.05, 0) is 70.6 Å². The van der Waals surface area contributed by atoms with Crippen LogP contribution in [0.4, 0.5) is 5.69 Å². The quantitative estimate of drug-likeness (QED) is 0.526. The Kier molecular flexibility index (Phi) is 8.23. The molecule has 0 aliphatic carbocycles. The monoisotopic (exact) mass is 424 g/mol. The number of nitrogens with one attached hydrogen (secondary N) is 2. The summed E-state index contributed by atoms with van der Waals surface area (Å²) in [6.45, 7) is 7.26. The van der Waals surface area contributed by atoms with Crippen molar-refractivity contribution in [2.24, 2.45) is 9.98 Å². The van der Waals surface area contributed by atoms with E-state index in [-0.39, 0.29) is 12.2 Å². The molecule has 1 atom stereocenters. The summed E-state index contributed by atoms with van der Waals surface area (Å²) in [4.78, 5) is 29.2. The number of benzene rings is 1. The molecule has 7 heteroatoms. The van der Waals surface area contributed by atoms with Crippen molar-refractivity contribution in [1.82, 2.24) is 14.8 Å². The molecule has 1 aromatic heterocycles. The van der Waals surface area contributed by atoms with Crippen molar-refractivity contribution in [3.05, 3.63) is 30.0 Å². The number of fused-ring (bicyclic) bond motifs is 1. The summed E-state index contributed by atoms with van der Waals surface area (Å²) in [6.07, 6.45) is 6.96. The van der Waals surface area contributed by atoms with Crippen LogP contribution in [-0.4, -0.2) is 72.6 Å². The molecule has 2 aromatic rings. The van der Waals surface area contributed by atoms with Crippen LogP contribution < -0.4 is 5.32 Å². The Labute approximate surface area is 185 Å². The third-order valence-electron chi connectivity index (χ3n) is 5.61. The van der Waals surface area contributed by atoms with Crippen molar-refractivity contribution in [2.75, 3.05) is 39.0 Å². The fourth-order valence-electron chi connectivity index (χ4n) is 3.84. The van der Waals surface area contributed by atoms with Crippen molar-refractivity contribution >= 4 is 34.4 Å². The first kappa shape index (κ1) is 23.0.